The number of aliphatic hydroxyl groups is 3. The SMILES string of the molecule is CCNC[C@@H]1[C@@H]([C@H]2CC[C@@]3(C#C[C@H](C[C@H](O)[C@H](O)C[C@@H](C4=C(CC)CNC(N)=C4)c4ccc5ccccc5c4)c4cc(O)c(OC)cc4CCC3=O)[C@H](O)C2)C[C@H]2CN[C@H]3CC(=O)C[C@H]4c5cc[nH]c5[C@@H]1[C@@H]2[C@H]34. The second kappa shape index (κ2) is 20.4. The number of aryl methyl sites for hydroxylation is 1. The highest BCUT2D eigenvalue weighted by Gasteiger charge is 2.60. The number of aromatic amines is 1. The second-order valence-corrected chi connectivity index (χ2v) is 22.8. The maximum Gasteiger partial charge on any atom is 0.160 e. The fraction of sp³-hybridized carbons (Fsp3) is 0.541. The van der Waals surface area contributed by atoms with Crippen molar-refractivity contribution in [2.75, 3.05) is 33.3 Å². The molecule has 11 rings (SSSR count). The minimum absolute atomic E-state index is 0.0311. The minimum atomic E-state index is -1.31. The Morgan fingerprint density at radius 2 is 1.79 bits per heavy atom. The quantitative estimate of drug-likeness (QED) is 0.0607. The van der Waals surface area contributed by atoms with Crippen LogP contribution in [0.3, 0.4) is 0 Å². The van der Waals surface area contributed by atoms with Crippen molar-refractivity contribution in [2.45, 2.75) is 133 Å². The van der Waals surface area contributed by atoms with E-state index in [1.165, 1.54) is 23.9 Å². The number of piperidine rings is 1. The molecular formula is C61H75N5O7. The molecule has 73 heavy (non-hydrogen) atoms. The van der Waals surface area contributed by atoms with Crippen LogP contribution in [-0.2, 0) is 16.0 Å². The predicted octanol–water partition coefficient (Wildman–Crippen LogP) is 7.34. The van der Waals surface area contributed by atoms with E-state index in [0.717, 1.165) is 66.4 Å². The second-order valence-electron chi connectivity index (χ2n) is 22.8. The summed E-state index contributed by atoms with van der Waals surface area (Å²) >= 11 is 0. The van der Waals surface area contributed by atoms with Gasteiger partial charge in [-0.15, -0.1) is 0 Å². The van der Waals surface area contributed by atoms with E-state index in [2.05, 4.69) is 89.2 Å². The van der Waals surface area contributed by atoms with Gasteiger partial charge in [0, 0.05) is 61.5 Å². The van der Waals surface area contributed by atoms with Crippen molar-refractivity contribution < 1.29 is 34.8 Å². The van der Waals surface area contributed by atoms with Crippen LogP contribution in [0.15, 0.2) is 89.9 Å². The van der Waals surface area contributed by atoms with Crippen molar-refractivity contribution in [3.8, 4) is 23.3 Å². The first-order valence-corrected chi connectivity index (χ1v) is 27.4. The Morgan fingerprint density at radius 1 is 0.959 bits per heavy atom. The molecule has 2 aliphatic heterocycles. The molecule has 1 spiro atoms. The monoisotopic (exact) mass is 990 g/mol. The van der Waals surface area contributed by atoms with Crippen LogP contribution < -0.4 is 26.4 Å². The van der Waals surface area contributed by atoms with E-state index in [4.69, 9.17) is 10.5 Å². The van der Waals surface area contributed by atoms with Gasteiger partial charge in [0.1, 0.15) is 11.2 Å². The zero-order valence-electron chi connectivity index (χ0n) is 42.7. The van der Waals surface area contributed by atoms with Gasteiger partial charge < -0.3 is 51.8 Å². The highest BCUT2D eigenvalue weighted by Crippen LogP contribution is 2.63. The van der Waals surface area contributed by atoms with Crippen molar-refractivity contribution in [1.29, 1.82) is 0 Å². The number of H-pyrrole nitrogens is 1. The van der Waals surface area contributed by atoms with Gasteiger partial charge in [-0.05, 0) is 181 Å². The third-order valence-electron chi connectivity index (χ3n) is 19.2. The number of allylic oxidation sites excluding steroid dienone is 2. The number of ether oxygens (including phenoxy) is 1. The summed E-state index contributed by atoms with van der Waals surface area (Å²) in [6.45, 7) is 7.49. The van der Waals surface area contributed by atoms with Crippen molar-refractivity contribution in [3.63, 3.8) is 0 Å². The molecule has 3 saturated carbocycles. The first-order valence-electron chi connectivity index (χ1n) is 27.4. The molecule has 15 atom stereocenters. The number of nitrogens with two attached hydrogens (primary N) is 1. The van der Waals surface area contributed by atoms with Crippen LogP contribution >= 0.6 is 0 Å². The number of Topliss-reactive ketones (excluding diaryl/α,β-unsaturated/α-hetero) is 2. The van der Waals surface area contributed by atoms with Gasteiger partial charge >= 0.3 is 0 Å². The molecule has 0 bridgehead atoms. The summed E-state index contributed by atoms with van der Waals surface area (Å²) in [5.74, 6) is 9.65. The van der Waals surface area contributed by atoms with Crippen LogP contribution in [0.5, 0.6) is 11.5 Å². The number of ketones is 2. The van der Waals surface area contributed by atoms with Crippen molar-refractivity contribution in [1.82, 2.24) is 20.9 Å². The number of fused-ring (bicyclic) bond motifs is 5. The number of aromatic hydroxyl groups is 1. The maximum absolute atomic E-state index is 14.9. The van der Waals surface area contributed by atoms with Gasteiger partial charge in [-0.1, -0.05) is 68.2 Å². The summed E-state index contributed by atoms with van der Waals surface area (Å²) in [5, 5.41) is 61.5. The van der Waals surface area contributed by atoms with Crippen LogP contribution in [0.25, 0.3) is 10.8 Å². The number of aliphatic hydroxyl groups excluding tert-OH is 3. The normalized spacial score (nSPS) is 32.8. The van der Waals surface area contributed by atoms with Gasteiger partial charge in [0.05, 0.1) is 31.2 Å². The Balaban J connectivity index is 0.894. The lowest BCUT2D eigenvalue weighted by molar-refractivity contribution is -0.137. The van der Waals surface area contributed by atoms with Crippen molar-refractivity contribution in [2.24, 2.45) is 46.7 Å². The topological polar surface area (TPSA) is 202 Å². The third-order valence-corrected chi connectivity index (χ3v) is 19.2. The number of aromatic nitrogens is 1. The Labute approximate surface area is 430 Å². The van der Waals surface area contributed by atoms with Gasteiger partial charge in [-0.25, -0.2) is 0 Å². The fourth-order valence-electron chi connectivity index (χ4n) is 15.7. The van der Waals surface area contributed by atoms with E-state index in [-0.39, 0.29) is 60.3 Å². The summed E-state index contributed by atoms with van der Waals surface area (Å²) in [6.07, 6.45) is 6.03. The largest absolute Gasteiger partial charge is 0.504 e. The average Bonchev–Trinajstić information content (AvgIpc) is 3.91. The van der Waals surface area contributed by atoms with Crippen LogP contribution in [0, 0.1) is 52.8 Å². The molecule has 10 N–H and O–H groups in total. The lowest BCUT2D eigenvalue weighted by atomic mass is 9.46. The molecular weight excluding hydrogens is 915 g/mol. The van der Waals surface area contributed by atoms with Gasteiger partial charge in [0.15, 0.2) is 17.3 Å². The molecule has 4 aromatic rings. The molecule has 4 fully saturated rings. The number of hydrogen-bond donors (Lipinski definition) is 9. The van der Waals surface area contributed by atoms with Crippen molar-refractivity contribution >= 4 is 22.3 Å². The molecule has 0 radical (unpaired) electrons. The number of dihydropyridines is 1. The summed E-state index contributed by atoms with van der Waals surface area (Å²) in [7, 11) is 1.50. The first kappa shape index (κ1) is 49.8. The van der Waals surface area contributed by atoms with E-state index in [1.807, 2.05) is 18.2 Å². The lowest BCUT2D eigenvalue weighted by Crippen LogP contribution is -2.63. The van der Waals surface area contributed by atoms with Crippen LogP contribution in [0.2, 0.25) is 0 Å². The Morgan fingerprint density at radius 3 is 2.59 bits per heavy atom. The zero-order chi connectivity index (χ0) is 50.7. The molecule has 12 heteroatoms. The van der Waals surface area contributed by atoms with E-state index >= 15 is 0 Å². The molecule has 1 aromatic heterocycles. The van der Waals surface area contributed by atoms with Crippen LogP contribution in [0.4, 0.5) is 0 Å². The molecule has 0 unspecified atom stereocenters. The number of phenols is 1. The molecule has 0 amide bonds. The zero-order valence-corrected chi connectivity index (χ0v) is 42.7. The number of nitrogens with one attached hydrogen (secondary N) is 4. The van der Waals surface area contributed by atoms with Crippen molar-refractivity contribution in [3.05, 3.63) is 118 Å². The summed E-state index contributed by atoms with van der Waals surface area (Å²) < 4.78 is 5.57. The maximum atomic E-state index is 14.9. The summed E-state index contributed by atoms with van der Waals surface area (Å²) in [4.78, 5) is 31.7. The fourth-order valence-corrected chi connectivity index (χ4v) is 15.7. The number of methoxy groups -OCH3 is 1. The number of benzene rings is 3. The minimum Gasteiger partial charge on any atom is -0.504 e. The molecule has 386 valence electrons. The van der Waals surface area contributed by atoms with Gasteiger partial charge in [-0.2, -0.15) is 0 Å². The average molecular weight is 990 g/mol. The standard InChI is InChI=1S/C61H75N5O7/c1-4-33-30-66-56(62)29-46(33)45(36-11-10-34-8-6-7-9-35(34)20-36)28-51(69)50(68)22-38-14-17-61(54(71)13-12-37-23-53(73-3)52(70)27-43(37)38)18-15-39(24-55(61)72)44-21-40-31-65-49-26-41(67)25-47-42-16-19-64-60(42)59(57(40)58(47)49)48(44)32-63-5-2/h6-11,16,19-20,23,27,29,38-40,44-45,47-51,55,57-59,63-66,68-70,72H,4-5,12-13,15,18,21-22,24-26,28,30-32,62H2,1-3H3/t38-,39+,40+,44-,45-,47+,48-,49+,50+,51-,55-,57+,58+,59+,61-/m1/s1. The Hall–Kier alpha value is -5.42. The summed E-state index contributed by atoms with van der Waals surface area (Å²) in [6, 6.07) is 20.4. The molecule has 12 nitrogen and oxygen atoms in total. The number of rotatable bonds is 13. The van der Waals surface area contributed by atoms with Crippen LogP contribution in [0.1, 0.15) is 130 Å². The summed E-state index contributed by atoms with van der Waals surface area (Å²) in [5.41, 5.74) is 12.4. The molecule has 3 aromatic carbocycles. The Bertz CT molecular complexity index is 2880. The van der Waals surface area contributed by atoms with E-state index in [1.54, 1.807) is 12.1 Å². The van der Waals surface area contributed by atoms with Crippen LogP contribution in [-0.4, -0.2) is 94.6 Å². The van der Waals surface area contributed by atoms with E-state index in [0.29, 0.717) is 91.3 Å². The van der Waals surface area contributed by atoms with E-state index in [9.17, 15) is 30.0 Å². The molecule has 7 aliphatic rings. The number of hydrogen-bond acceptors (Lipinski definition) is 11. The van der Waals surface area contributed by atoms with E-state index < -0.39 is 29.6 Å². The lowest BCUT2D eigenvalue weighted by Gasteiger charge is -2.61. The Kier molecular flexibility index (Phi) is 13.9. The third kappa shape index (κ3) is 9.01. The van der Waals surface area contributed by atoms with Gasteiger partial charge in [0.2, 0.25) is 0 Å². The highest BCUT2D eigenvalue weighted by atomic mass is 16.5. The molecule has 1 saturated heterocycles. The number of phenolic OH excluding ortho intramolecular Hbond substituents is 1. The molecule has 3 heterocycles. The number of carbonyl (C=O) groups excluding carboxylic acids is 2. The van der Waals surface area contributed by atoms with Gasteiger partial charge in [0.25, 0.3) is 0 Å². The molecule has 5 aliphatic carbocycles. The highest BCUT2D eigenvalue weighted by molar-refractivity contribution is 5.89. The smallest absolute Gasteiger partial charge is 0.160 e. The predicted molar refractivity (Wildman–Crippen MR) is 283 cm³/mol. The number of carbonyl (C=O) groups is 2. The van der Waals surface area contributed by atoms with Gasteiger partial charge in [-0.3, -0.25) is 9.59 Å². The first-order chi connectivity index (χ1) is 35.4.